The Bertz CT molecular complexity index is 318. The van der Waals surface area contributed by atoms with Gasteiger partial charge < -0.3 is 9.47 Å². The summed E-state index contributed by atoms with van der Waals surface area (Å²) in [7, 11) is 5.21. The number of nitrogens with one attached hydrogen (secondary N) is 1. The lowest BCUT2D eigenvalue weighted by Gasteiger charge is -2.39. The first-order chi connectivity index (χ1) is 9.37. The lowest BCUT2D eigenvalue weighted by Crippen LogP contribution is -2.63. The van der Waals surface area contributed by atoms with Crippen molar-refractivity contribution in [1.82, 2.24) is 10.2 Å². The SMILES string of the molecule is COCC(C)N(C)CC(NC(C)C)(C(=O)OC)C1CC1. The minimum atomic E-state index is -0.598. The molecule has 5 nitrogen and oxygen atoms in total. The maximum Gasteiger partial charge on any atom is 0.327 e. The van der Waals surface area contributed by atoms with E-state index in [-0.39, 0.29) is 18.1 Å². The molecule has 0 radical (unpaired) electrons. The molecule has 1 rings (SSSR count). The molecule has 5 heteroatoms. The quantitative estimate of drug-likeness (QED) is 0.647. The molecular formula is C15H30N2O3. The average molecular weight is 286 g/mol. The van der Waals surface area contributed by atoms with Gasteiger partial charge in [0.25, 0.3) is 0 Å². The zero-order valence-corrected chi connectivity index (χ0v) is 13.7. The second kappa shape index (κ2) is 7.38. The summed E-state index contributed by atoms with van der Waals surface area (Å²) >= 11 is 0. The number of hydrogen-bond acceptors (Lipinski definition) is 5. The first kappa shape index (κ1) is 17.4. The fourth-order valence-corrected chi connectivity index (χ4v) is 2.77. The Morgan fingerprint density at radius 3 is 2.35 bits per heavy atom. The summed E-state index contributed by atoms with van der Waals surface area (Å²) in [6, 6.07) is 0.498. The van der Waals surface area contributed by atoms with E-state index in [4.69, 9.17) is 9.47 Å². The molecule has 0 aromatic heterocycles. The normalized spacial score (nSPS) is 20.0. The number of nitrogens with zero attached hydrogens (tertiary/aromatic N) is 1. The molecule has 0 bridgehead atoms. The molecule has 0 heterocycles. The van der Waals surface area contributed by atoms with Gasteiger partial charge in [0.2, 0.25) is 0 Å². The number of carbonyl (C=O) groups is 1. The highest BCUT2D eigenvalue weighted by atomic mass is 16.5. The second-order valence-corrected chi connectivity index (χ2v) is 6.26. The molecule has 20 heavy (non-hydrogen) atoms. The van der Waals surface area contributed by atoms with E-state index in [1.54, 1.807) is 7.11 Å². The van der Waals surface area contributed by atoms with Gasteiger partial charge in [0.15, 0.2) is 0 Å². The molecule has 0 aromatic carbocycles. The molecule has 1 aliphatic rings. The summed E-state index contributed by atoms with van der Waals surface area (Å²) in [5.74, 6) is 0.222. The van der Waals surface area contributed by atoms with Crippen LogP contribution in [0.5, 0.6) is 0 Å². The zero-order valence-electron chi connectivity index (χ0n) is 13.7. The van der Waals surface area contributed by atoms with Gasteiger partial charge in [0.05, 0.1) is 13.7 Å². The van der Waals surface area contributed by atoms with Crippen molar-refractivity contribution in [3.63, 3.8) is 0 Å². The van der Waals surface area contributed by atoms with Gasteiger partial charge in [-0.1, -0.05) is 0 Å². The summed E-state index contributed by atoms with van der Waals surface area (Å²) in [5, 5.41) is 3.48. The van der Waals surface area contributed by atoms with E-state index in [0.29, 0.717) is 19.1 Å². The van der Waals surface area contributed by atoms with E-state index < -0.39 is 5.54 Å². The molecule has 0 amide bonds. The van der Waals surface area contributed by atoms with E-state index in [9.17, 15) is 4.79 Å². The lowest BCUT2D eigenvalue weighted by molar-refractivity contribution is -0.151. The Morgan fingerprint density at radius 2 is 1.95 bits per heavy atom. The summed E-state index contributed by atoms with van der Waals surface area (Å²) < 4.78 is 10.3. The van der Waals surface area contributed by atoms with Gasteiger partial charge in [-0.25, -0.2) is 4.79 Å². The average Bonchev–Trinajstić information content (AvgIpc) is 3.20. The van der Waals surface area contributed by atoms with E-state index in [0.717, 1.165) is 12.8 Å². The van der Waals surface area contributed by atoms with Gasteiger partial charge >= 0.3 is 5.97 Å². The molecule has 2 unspecified atom stereocenters. The first-order valence-corrected chi connectivity index (χ1v) is 7.42. The van der Waals surface area contributed by atoms with Crippen molar-refractivity contribution in [2.75, 3.05) is 34.4 Å². The number of esters is 1. The summed E-state index contributed by atoms with van der Waals surface area (Å²) in [6.45, 7) is 7.54. The van der Waals surface area contributed by atoms with Crippen LogP contribution in [0.4, 0.5) is 0 Å². The van der Waals surface area contributed by atoms with Crippen LogP contribution in [-0.2, 0) is 14.3 Å². The fraction of sp³-hybridized carbons (Fsp3) is 0.933. The lowest BCUT2D eigenvalue weighted by atomic mass is 9.90. The predicted molar refractivity (Wildman–Crippen MR) is 79.7 cm³/mol. The standard InChI is InChI=1S/C15H30N2O3/c1-11(2)16-15(13-7-8-13,14(18)20-6)10-17(4)12(3)9-19-5/h11-13,16H,7-10H2,1-6H3. The van der Waals surface area contributed by atoms with Crippen LogP contribution in [-0.4, -0.2) is 62.9 Å². The number of hydrogen-bond donors (Lipinski definition) is 1. The maximum atomic E-state index is 12.4. The van der Waals surface area contributed by atoms with Crippen molar-refractivity contribution >= 4 is 5.97 Å². The zero-order chi connectivity index (χ0) is 15.3. The molecule has 1 N–H and O–H groups in total. The molecule has 2 atom stereocenters. The maximum absolute atomic E-state index is 12.4. The van der Waals surface area contributed by atoms with Crippen LogP contribution in [0.15, 0.2) is 0 Å². The van der Waals surface area contributed by atoms with Gasteiger partial charge in [0.1, 0.15) is 5.54 Å². The minimum absolute atomic E-state index is 0.148. The van der Waals surface area contributed by atoms with E-state index in [1.165, 1.54) is 7.11 Å². The Balaban J connectivity index is 2.88. The molecular weight excluding hydrogens is 256 g/mol. The van der Waals surface area contributed by atoms with E-state index in [1.807, 2.05) is 7.05 Å². The number of likely N-dealkylation sites (N-methyl/N-ethyl adjacent to an activating group) is 1. The Kier molecular flexibility index (Phi) is 6.43. The third-order valence-corrected chi connectivity index (χ3v) is 4.03. The fourth-order valence-electron chi connectivity index (χ4n) is 2.77. The third kappa shape index (κ3) is 4.17. The van der Waals surface area contributed by atoms with E-state index in [2.05, 4.69) is 31.0 Å². The summed E-state index contributed by atoms with van der Waals surface area (Å²) in [5.41, 5.74) is -0.598. The summed E-state index contributed by atoms with van der Waals surface area (Å²) in [6.07, 6.45) is 2.17. The van der Waals surface area contributed by atoms with Crippen LogP contribution < -0.4 is 5.32 Å². The number of methoxy groups -OCH3 is 2. The largest absolute Gasteiger partial charge is 0.468 e. The second-order valence-electron chi connectivity index (χ2n) is 6.26. The predicted octanol–water partition coefficient (Wildman–Crippen LogP) is 1.27. The first-order valence-electron chi connectivity index (χ1n) is 7.42. The highest BCUT2D eigenvalue weighted by molar-refractivity contribution is 5.82. The van der Waals surface area contributed by atoms with Crippen LogP contribution >= 0.6 is 0 Å². The Hall–Kier alpha value is -0.650. The molecule has 118 valence electrons. The topological polar surface area (TPSA) is 50.8 Å². The van der Waals surface area contributed by atoms with Crippen LogP contribution in [0.3, 0.4) is 0 Å². The number of rotatable bonds is 9. The monoisotopic (exact) mass is 286 g/mol. The van der Waals surface area contributed by atoms with Crippen molar-refractivity contribution in [3.05, 3.63) is 0 Å². The molecule has 1 aliphatic carbocycles. The Labute approximate surface area is 123 Å². The van der Waals surface area contributed by atoms with Crippen molar-refractivity contribution in [2.24, 2.45) is 5.92 Å². The number of carbonyl (C=O) groups excluding carboxylic acids is 1. The molecule has 1 fully saturated rings. The van der Waals surface area contributed by atoms with Crippen molar-refractivity contribution < 1.29 is 14.3 Å². The Morgan fingerprint density at radius 1 is 1.35 bits per heavy atom. The van der Waals surface area contributed by atoms with Crippen molar-refractivity contribution in [2.45, 2.75) is 51.2 Å². The van der Waals surface area contributed by atoms with Crippen LogP contribution in [0.2, 0.25) is 0 Å². The van der Waals surface area contributed by atoms with E-state index >= 15 is 0 Å². The number of ether oxygens (including phenoxy) is 2. The van der Waals surface area contributed by atoms with Crippen LogP contribution in [0.25, 0.3) is 0 Å². The van der Waals surface area contributed by atoms with Crippen LogP contribution in [0.1, 0.15) is 33.6 Å². The molecule has 0 spiro atoms. The third-order valence-electron chi connectivity index (χ3n) is 4.03. The van der Waals surface area contributed by atoms with Crippen molar-refractivity contribution in [1.29, 1.82) is 0 Å². The smallest absolute Gasteiger partial charge is 0.327 e. The van der Waals surface area contributed by atoms with Gasteiger partial charge in [-0.15, -0.1) is 0 Å². The van der Waals surface area contributed by atoms with Gasteiger partial charge in [-0.05, 0) is 46.6 Å². The molecule has 0 aliphatic heterocycles. The highest BCUT2D eigenvalue weighted by Gasteiger charge is 2.52. The van der Waals surface area contributed by atoms with Gasteiger partial charge in [-0.3, -0.25) is 10.2 Å². The van der Waals surface area contributed by atoms with Gasteiger partial charge in [-0.2, -0.15) is 0 Å². The minimum Gasteiger partial charge on any atom is -0.468 e. The molecule has 0 saturated heterocycles. The van der Waals surface area contributed by atoms with Crippen molar-refractivity contribution in [3.8, 4) is 0 Å². The highest BCUT2D eigenvalue weighted by Crippen LogP contribution is 2.41. The molecule has 0 aromatic rings. The summed E-state index contributed by atoms with van der Waals surface area (Å²) in [4.78, 5) is 14.6. The van der Waals surface area contributed by atoms with Crippen LogP contribution in [0, 0.1) is 5.92 Å². The molecule has 1 saturated carbocycles. The van der Waals surface area contributed by atoms with Gasteiger partial charge in [0, 0.05) is 25.7 Å².